The van der Waals surface area contributed by atoms with Gasteiger partial charge >= 0.3 is 0 Å². The van der Waals surface area contributed by atoms with Gasteiger partial charge in [0.2, 0.25) is 0 Å². The SMILES string of the molecule is CC(=O)c1cccc(NC(=O)c2cc(Nc3cc(C)ccc3C)ccn2)c1. The van der Waals surface area contributed by atoms with Crippen LogP contribution < -0.4 is 10.6 Å². The van der Waals surface area contributed by atoms with E-state index >= 15 is 0 Å². The van der Waals surface area contributed by atoms with Crippen LogP contribution in [-0.2, 0) is 0 Å². The molecule has 0 aliphatic heterocycles. The number of rotatable bonds is 5. The van der Waals surface area contributed by atoms with Gasteiger partial charge in [0.25, 0.3) is 5.91 Å². The summed E-state index contributed by atoms with van der Waals surface area (Å²) in [5.41, 5.74) is 5.43. The molecule has 0 atom stereocenters. The zero-order chi connectivity index (χ0) is 19.4. The molecule has 3 aromatic rings. The largest absolute Gasteiger partial charge is 0.355 e. The maximum Gasteiger partial charge on any atom is 0.274 e. The molecule has 5 heteroatoms. The molecular weight excluding hydrogens is 338 g/mol. The first-order chi connectivity index (χ1) is 12.9. The standard InChI is InChI=1S/C22H21N3O2/c1-14-7-8-15(2)20(11-14)24-19-9-10-23-21(13-19)22(27)25-18-6-4-5-17(12-18)16(3)26/h4-13H,1-3H3,(H,23,24)(H,25,27). The van der Waals surface area contributed by atoms with E-state index in [1.165, 1.54) is 6.92 Å². The molecule has 0 fully saturated rings. The number of nitrogens with zero attached hydrogens (tertiary/aromatic N) is 1. The number of hydrogen-bond donors (Lipinski definition) is 2. The fraction of sp³-hybridized carbons (Fsp3) is 0.136. The quantitative estimate of drug-likeness (QED) is 0.636. The van der Waals surface area contributed by atoms with Crippen molar-refractivity contribution in [2.24, 2.45) is 0 Å². The van der Waals surface area contributed by atoms with Gasteiger partial charge in [-0.1, -0.05) is 24.3 Å². The lowest BCUT2D eigenvalue weighted by molar-refractivity contribution is 0.100. The molecular formula is C22H21N3O2. The number of aromatic nitrogens is 1. The fourth-order valence-electron chi connectivity index (χ4n) is 2.67. The normalized spacial score (nSPS) is 10.3. The predicted molar refractivity (Wildman–Crippen MR) is 108 cm³/mol. The van der Waals surface area contributed by atoms with E-state index in [0.29, 0.717) is 16.9 Å². The lowest BCUT2D eigenvalue weighted by Gasteiger charge is -2.11. The molecule has 0 aliphatic rings. The van der Waals surface area contributed by atoms with E-state index in [9.17, 15) is 9.59 Å². The fourth-order valence-corrected chi connectivity index (χ4v) is 2.67. The van der Waals surface area contributed by atoms with Gasteiger partial charge in [-0.25, -0.2) is 0 Å². The molecule has 136 valence electrons. The second-order valence-corrected chi connectivity index (χ2v) is 6.46. The summed E-state index contributed by atoms with van der Waals surface area (Å²) in [4.78, 5) is 28.2. The van der Waals surface area contributed by atoms with Crippen LogP contribution in [0.25, 0.3) is 0 Å². The van der Waals surface area contributed by atoms with Crippen LogP contribution in [0.3, 0.4) is 0 Å². The van der Waals surface area contributed by atoms with Crippen molar-refractivity contribution >= 4 is 28.8 Å². The van der Waals surface area contributed by atoms with E-state index in [2.05, 4.69) is 33.8 Å². The van der Waals surface area contributed by atoms with Gasteiger partial charge in [0.15, 0.2) is 5.78 Å². The highest BCUT2D eigenvalue weighted by Gasteiger charge is 2.10. The van der Waals surface area contributed by atoms with Crippen LogP contribution in [0, 0.1) is 13.8 Å². The highest BCUT2D eigenvalue weighted by atomic mass is 16.2. The zero-order valence-corrected chi connectivity index (χ0v) is 15.5. The molecule has 1 aromatic heterocycles. The molecule has 27 heavy (non-hydrogen) atoms. The first-order valence-corrected chi connectivity index (χ1v) is 8.65. The van der Waals surface area contributed by atoms with Crippen LogP contribution in [0.15, 0.2) is 60.8 Å². The van der Waals surface area contributed by atoms with Gasteiger partial charge in [0.1, 0.15) is 5.69 Å². The van der Waals surface area contributed by atoms with Gasteiger partial charge < -0.3 is 10.6 Å². The molecule has 0 bridgehead atoms. The number of carbonyl (C=O) groups is 2. The number of pyridine rings is 1. The van der Waals surface area contributed by atoms with Crippen molar-refractivity contribution in [1.29, 1.82) is 0 Å². The molecule has 2 aromatic carbocycles. The zero-order valence-electron chi connectivity index (χ0n) is 15.5. The monoisotopic (exact) mass is 359 g/mol. The topological polar surface area (TPSA) is 71.1 Å². The van der Waals surface area contributed by atoms with Crippen LogP contribution in [0.2, 0.25) is 0 Å². The van der Waals surface area contributed by atoms with E-state index in [1.54, 1.807) is 36.5 Å². The first-order valence-electron chi connectivity index (χ1n) is 8.65. The second kappa shape index (κ2) is 7.83. The van der Waals surface area contributed by atoms with Gasteiger partial charge in [-0.2, -0.15) is 0 Å². The Bertz CT molecular complexity index is 1010. The Hall–Kier alpha value is -3.47. The van der Waals surface area contributed by atoms with Gasteiger partial charge in [-0.05, 0) is 62.2 Å². The van der Waals surface area contributed by atoms with E-state index in [4.69, 9.17) is 0 Å². The molecule has 1 amide bonds. The van der Waals surface area contributed by atoms with E-state index in [0.717, 1.165) is 22.5 Å². The molecule has 0 spiro atoms. The Morgan fingerprint density at radius 3 is 2.52 bits per heavy atom. The summed E-state index contributed by atoms with van der Waals surface area (Å²) in [6, 6.07) is 16.5. The number of ketones is 1. The molecule has 3 rings (SSSR count). The molecule has 2 N–H and O–H groups in total. The van der Waals surface area contributed by atoms with Gasteiger partial charge in [-0.15, -0.1) is 0 Å². The van der Waals surface area contributed by atoms with Crippen molar-refractivity contribution in [2.75, 3.05) is 10.6 Å². The number of carbonyl (C=O) groups excluding carboxylic acids is 2. The average Bonchev–Trinajstić information content (AvgIpc) is 2.65. The van der Waals surface area contributed by atoms with Crippen molar-refractivity contribution < 1.29 is 9.59 Å². The summed E-state index contributed by atoms with van der Waals surface area (Å²) in [7, 11) is 0. The molecule has 0 aliphatic carbocycles. The van der Waals surface area contributed by atoms with E-state index in [1.807, 2.05) is 19.9 Å². The third-order valence-electron chi connectivity index (χ3n) is 4.19. The predicted octanol–water partition coefficient (Wildman–Crippen LogP) is 4.90. The third kappa shape index (κ3) is 4.58. The van der Waals surface area contributed by atoms with Gasteiger partial charge in [0.05, 0.1) is 0 Å². The minimum atomic E-state index is -0.333. The Labute approximate surface area is 158 Å². The Morgan fingerprint density at radius 2 is 1.74 bits per heavy atom. The number of amides is 1. The molecule has 0 saturated carbocycles. The minimum Gasteiger partial charge on any atom is -0.355 e. The number of nitrogens with one attached hydrogen (secondary N) is 2. The minimum absolute atomic E-state index is 0.0519. The molecule has 0 unspecified atom stereocenters. The third-order valence-corrected chi connectivity index (χ3v) is 4.19. The second-order valence-electron chi connectivity index (χ2n) is 6.46. The average molecular weight is 359 g/mol. The van der Waals surface area contributed by atoms with Crippen LogP contribution in [-0.4, -0.2) is 16.7 Å². The lowest BCUT2D eigenvalue weighted by atomic mass is 10.1. The van der Waals surface area contributed by atoms with Crippen LogP contribution >= 0.6 is 0 Å². The number of aryl methyl sites for hydroxylation is 2. The van der Waals surface area contributed by atoms with Crippen molar-refractivity contribution in [2.45, 2.75) is 20.8 Å². The highest BCUT2D eigenvalue weighted by molar-refractivity contribution is 6.04. The number of Topliss-reactive ketones (excluding diaryl/α,β-unsaturated/α-hetero) is 1. The van der Waals surface area contributed by atoms with Crippen molar-refractivity contribution in [3.8, 4) is 0 Å². The Balaban J connectivity index is 1.78. The first kappa shape index (κ1) is 18.3. The summed E-state index contributed by atoms with van der Waals surface area (Å²) in [5.74, 6) is -0.385. The Morgan fingerprint density at radius 1 is 0.926 bits per heavy atom. The number of benzene rings is 2. The lowest BCUT2D eigenvalue weighted by Crippen LogP contribution is -2.14. The molecule has 0 radical (unpaired) electrons. The van der Waals surface area contributed by atoms with E-state index in [-0.39, 0.29) is 11.7 Å². The highest BCUT2D eigenvalue weighted by Crippen LogP contribution is 2.22. The summed E-state index contributed by atoms with van der Waals surface area (Å²) in [6.45, 7) is 5.55. The van der Waals surface area contributed by atoms with Gasteiger partial charge in [0, 0.05) is 28.8 Å². The summed E-state index contributed by atoms with van der Waals surface area (Å²) >= 11 is 0. The van der Waals surface area contributed by atoms with Crippen LogP contribution in [0.4, 0.5) is 17.1 Å². The van der Waals surface area contributed by atoms with Gasteiger partial charge in [-0.3, -0.25) is 14.6 Å². The maximum absolute atomic E-state index is 12.5. The smallest absolute Gasteiger partial charge is 0.274 e. The molecule has 5 nitrogen and oxygen atoms in total. The summed E-state index contributed by atoms with van der Waals surface area (Å²) < 4.78 is 0. The van der Waals surface area contributed by atoms with Crippen LogP contribution in [0.5, 0.6) is 0 Å². The van der Waals surface area contributed by atoms with E-state index < -0.39 is 0 Å². The number of hydrogen-bond acceptors (Lipinski definition) is 4. The summed E-state index contributed by atoms with van der Waals surface area (Å²) in [6.07, 6.45) is 1.59. The van der Waals surface area contributed by atoms with Crippen molar-refractivity contribution in [3.63, 3.8) is 0 Å². The maximum atomic E-state index is 12.5. The molecule has 0 saturated heterocycles. The van der Waals surface area contributed by atoms with Crippen LogP contribution in [0.1, 0.15) is 38.9 Å². The number of anilines is 3. The van der Waals surface area contributed by atoms with Crippen molar-refractivity contribution in [3.05, 3.63) is 83.2 Å². The van der Waals surface area contributed by atoms with Crippen molar-refractivity contribution in [1.82, 2.24) is 4.98 Å². The molecule has 1 heterocycles. The Kier molecular flexibility index (Phi) is 5.31. The summed E-state index contributed by atoms with van der Waals surface area (Å²) in [5, 5.41) is 6.12.